The van der Waals surface area contributed by atoms with E-state index >= 15 is 0 Å². The van der Waals surface area contributed by atoms with Crippen LogP contribution in [0, 0.1) is 6.92 Å². The van der Waals surface area contributed by atoms with E-state index < -0.39 is 42.0 Å². The van der Waals surface area contributed by atoms with E-state index in [0.717, 1.165) is 5.56 Å². The highest BCUT2D eigenvalue weighted by Crippen LogP contribution is 2.37. The van der Waals surface area contributed by atoms with Gasteiger partial charge in [0.2, 0.25) is 0 Å². The van der Waals surface area contributed by atoms with Crippen LogP contribution in [0.1, 0.15) is 33.3 Å². The Morgan fingerprint density at radius 1 is 1.04 bits per heavy atom. The van der Waals surface area contributed by atoms with Crippen molar-refractivity contribution in [2.75, 3.05) is 0 Å². The molecule has 0 aliphatic carbocycles. The van der Waals surface area contributed by atoms with Crippen molar-refractivity contribution >= 4 is 36.0 Å². The van der Waals surface area contributed by atoms with Crippen LogP contribution in [-0.2, 0) is 19.4 Å². The van der Waals surface area contributed by atoms with Crippen LogP contribution >= 0.6 is 0 Å². The van der Waals surface area contributed by atoms with Crippen molar-refractivity contribution in [3.63, 3.8) is 0 Å². The smallest absolute Gasteiger partial charge is 0.399 e. The van der Waals surface area contributed by atoms with Gasteiger partial charge >= 0.3 is 22.7 Å². The summed E-state index contributed by atoms with van der Waals surface area (Å²) < 4.78 is 79.2. The standard InChI is InChI=1S/C17H26BF3O5SSi/c1-11-9-12(18-25-15(2,3)16(4,5)26-18)14(13(10-11)28(6,7)8)24-27(22,23)17(19,20)21/h9-10H,1-8H3. The molecular weight excluding hydrogens is 412 g/mol. The fraction of sp³-hybridized carbons (Fsp3) is 0.647. The first-order chi connectivity index (χ1) is 12.3. The zero-order valence-corrected chi connectivity index (χ0v) is 19.1. The summed E-state index contributed by atoms with van der Waals surface area (Å²) in [7, 11) is -9.19. The van der Waals surface area contributed by atoms with Crippen molar-refractivity contribution in [2.24, 2.45) is 0 Å². The van der Waals surface area contributed by atoms with E-state index in [1.165, 1.54) is 0 Å². The maximum atomic E-state index is 13.0. The molecule has 1 aliphatic rings. The molecule has 0 unspecified atom stereocenters. The quantitative estimate of drug-likeness (QED) is 0.411. The number of hydrogen-bond donors (Lipinski definition) is 0. The second-order valence-corrected chi connectivity index (χ2v) is 15.6. The van der Waals surface area contributed by atoms with Crippen LogP contribution in [0.25, 0.3) is 0 Å². The third-order valence-corrected chi connectivity index (χ3v) is 7.99. The summed E-state index contributed by atoms with van der Waals surface area (Å²) in [6.07, 6.45) is 0. The van der Waals surface area contributed by atoms with Crippen molar-refractivity contribution in [2.45, 2.75) is 71.0 Å². The van der Waals surface area contributed by atoms with Crippen molar-refractivity contribution in [3.8, 4) is 5.75 Å². The molecule has 0 N–H and O–H groups in total. The maximum absolute atomic E-state index is 13.0. The van der Waals surface area contributed by atoms with Crippen LogP contribution in [0.2, 0.25) is 19.6 Å². The molecule has 1 saturated heterocycles. The highest BCUT2D eigenvalue weighted by molar-refractivity contribution is 7.88. The number of aryl methyl sites for hydroxylation is 1. The molecule has 1 aromatic rings. The van der Waals surface area contributed by atoms with Crippen LogP contribution in [0.4, 0.5) is 13.2 Å². The lowest BCUT2D eigenvalue weighted by molar-refractivity contribution is -0.0499. The van der Waals surface area contributed by atoms with E-state index in [1.807, 2.05) is 19.6 Å². The molecule has 1 fully saturated rings. The van der Waals surface area contributed by atoms with Gasteiger partial charge in [0.1, 0.15) is 5.75 Å². The van der Waals surface area contributed by atoms with Crippen LogP contribution in [0.15, 0.2) is 12.1 Å². The van der Waals surface area contributed by atoms with Gasteiger partial charge in [-0.3, -0.25) is 0 Å². The summed E-state index contributed by atoms with van der Waals surface area (Å²) in [5.74, 6) is -0.347. The van der Waals surface area contributed by atoms with E-state index in [0.29, 0.717) is 5.19 Å². The topological polar surface area (TPSA) is 61.8 Å². The van der Waals surface area contributed by atoms with Gasteiger partial charge in [0.25, 0.3) is 0 Å². The lowest BCUT2D eigenvalue weighted by atomic mass is 9.77. The third kappa shape index (κ3) is 4.27. The molecule has 0 saturated carbocycles. The van der Waals surface area contributed by atoms with Crippen LogP contribution in [0.5, 0.6) is 5.75 Å². The van der Waals surface area contributed by atoms with Gasteiger partial charge in [0.05, 0.1) is 19.3 Å². The van der Waals surface area contributed by atoms with Gasteiger partial charge in [-0.1, -0.05) is 37.3 Å². The SMILES string of the molecule is Cc1cc(B2OC(C)(C)C(C)(C)O2)c(OS(=O)(=O)C(F)(F)F)c([Si](C)(C)C)c1. The highest BCUT2D eigenvalue weighted by Gasteiger charge is 2.54. The molecule has 0 amide bonds. The summed E-state index contributed by atoms with van der Waals surface area (Å²) >= 11 is 0. The zero-order valence-electron chi connectivity index (χ0n) is 17.3. The Morgan fingerprint density at radius 2 is 1.50 bits per heavy atom. The van der Waals surface area contributed by atoms with Crippen molar-refractivity contribution in [1.82, 2.24) is 0 Å². The lowest BCUT2D eigenvalue weighted by Crippen LogP contribution is -2.47. The van der Waals surface area contributed by atoms with Crippen LogP contribution in [-0.4, -0.2) is 40.3 Å². The van der Waals surface area contributed by atoms with Gasteiger partial charge in [-0.25, -0.2) is 0 Å². The Kier molecular flexibility index (Phi) is 5.60. The van der Waals surface area contributed by atoms with Gasteiger partial charge in [-0.15, -0.1) is 0 Å². The Morgan fingerprint density at radius 3 is 1.89 bits per heavy atom. The second-order valence-electron chi connectivity index (χ2n) is 9.05. The molecule has 1 aliphatic heterocycles. The first-order valence-corrected chi connectivity index (χ1v) is 13.7. The molecule has 0 spiro atoms. The molecule has 0 radical (unpaired) electrons. The molecule has 1 aromatic carbocycles. The van der Waals surface area contributed by atoms with Crippen LogP contribution < -0.4 is 14.8 Å². The molecule has 11 heteroatoms. The van der Waals surface area contributed by atoms with Crippen molar-refractivity contribution < 1.29 is 35.1 Å². The summed E-state index contributed by atoms with van der Waals surface area (Å²) in [6.45, 7) is 14.7. The Labute approximate surface area is 165 Å². The monoisotopic (exact) mass is 438 g/mol. The van der Waals surface area contributed by atoms with E-state index in [1.54, 1.807) is 46.8 Å². The second kappa shape index (κ2) is 6.75. The van der Waals surface area contributed by atoms with Gasteiger partial charge in [0, 0.05) is 5.46 Å². The molecule has 0 aromatic heterocycles. The Hall–Kier alpha value is -1.04. The predicted molar refractivity (Wildman–Crippen MR) is 105 cm³/mol. The average Bonchev–Trinajstić information content (AvgIpc) is 2.66. The molecule has 158 valence electrons. The van der Waals surface area contributed by atoms with E-state index in [-0.39, 0.29) is 11.2 Å². The molecule has 28 heavy (non-hydrogen) atoms. The first kappa shape index (κ1) is 23.2. The fourth-order valence-corrected chi connectivity index (χ4v) is 4.86. The van der Waals surface area contributed by atoms with Crippen molar-refractivity contribution in [1.29, 1.82) is 0 Å². The average molecular weight is 438 g/mol. The van der Waals surface area contributed by atoms with Gasteiger partial charge in [-0.05, 0) is 39.8 Å². The van der Waals surface area contributed by atoms with Crippen molar-refractivity contribution in [3.05, 3.63) is 17.7 Å². The van der Waals surface area contributed by atoms with Gasteiger partial charge in [0.15, 0.2) is 0 Å². The number of rotatable bonds is 4. The molecule has 5 nitrogen and oxygen atoms in total. The largest absolute Gasteiger partial charge is 0.534 e. The van der Waals surface area contributed by atoms with E-state index in [4.69, 9.17) is 9.31 Å². The molecule has 1 heterocycles. The Balaban J connectivity index is 2.72. The minimum atomic E-state index is -5.84. The minimum absolute atomic E-state index is 0.142. The van der Waals surface area contributed by atoms with E-state index in [2.05, 4.69) is 4.18 Å². The van der Waals surface area contributed by atoms with Gasteiger partial charge in [-0.2, -0.15) is 21.6 Å². The molecule has 0 bridgehead atoms. The number of hydrogen-bond acceptors (Lipinski definition) is 5. The molecular formula is C17H26BF3O5SSi. The van der Waals surface area contributed by atoms with E-state index in [9.17, 15) is 21.6 Å². The summed E-state index contributed by atoms with van der Waals surface area (Å²) in [5, 5.41) is 0.449. The first-order valence-electron chi connectivity index (χ1n) is 8.80. The zero-order chi connectivity index (χ0) is 21.9. The molecule has 0 atom stereocenters. The fourth-order valence-electron chi connectivity index (χ4n) is 2.75. The van der Waals surface area contributed by atoms with Crippen LogP contribution in [0.3, 0.4) is 0 Å². The predicted octanol–water partition coefficient (Wildman–Crippen LogP) is 3.07. The highest BCUT2D eigenvalue weighted by atomic mass is 32.2. The molecule has 2 rings (SSSR count). The number of alkyl halides is 3. The number of halogens is 3. The normalized spacial score (nSPS) is 19.8. The maximum Gasteiger partial charge on any atom is 0.534 e. The van der Waals surface area contributed by atoms with Gasteiger partial charge < -0.3 is 13.5 Å². The minimum Gasteiger partial charge on any atom is -0.399 e. The third-order valence-electron chi connectivity index (χ3n) is 5.05. The number of benzene rings is 1. The summed E-state index contributed by atoms with van der Waals surface area (Å²) in [5.41, 5.74) is -6.15. The Bertz CT molecular complexity index is 860. The lowest BCUT2D eigenvalue weighted by Gasteiger charge is -2.32. The summed E-state index contributed by atoms with van der Waals surface area (Å²) in [6, 6.07) is 3.22. The summed E-state index contributed by atoms with van der Waals surface area (Å²) in [4.78, 5) is 0.